The number of pyridine rings is 2. The molecule has 5 heteroatoms. The molecule has 3 aromatic heterocycles. The summed E-state index contributed by atoms with van der Waals surface area (Å²) in [6.45, 7) is 14.7. The van der Waals surface area contributed by atoms with Gasteiger partial charge in [-0.05, 0) is 84.1 Å². The van der Waals surface area contributed by atoms with Crippen LogP contribution in [-0.4, -0.2) is 18.0 Å². The molecule has 0 amide bonds. The minimum Gasteiger partial charge on any atom is -0.305 e. The van der Waals surface area contributed by atoms with Gasteiger partial charge in [-0.1, -0.05) is 144 Å². The molecule has 0 unspecified atom stereocenters. The van der Waals surface area contributed by atoms with Gasteiger partial charge in [0.25, 0.3) is 0 Å². The molecule has 1 aliphatic rings. The fourth-order valence-corrected chi connectivity index (χ4v) is 11.2. The third-order valence-corrected chi connectivity index (χ3v) is 14.5. The van der Waals surface area contributed by atoms with Crippen LogP contribution in [0.15, 0.2) is 109 Å². The minimum atomic E-state index is -1.50. The first-order valence-corrected chi connectivity index (χ1v) is 24.2. The maximum atomic E-state index is 8.56. The van der Waals surface area contributed by atoms with Crippen molar-refractivity contribution in [3.05, 3.63) is 138 Å². The van der Waals surface area contributed by atoms with Gasteiger partial charge in [0.15, 0.2) is 0 Å². The van der Waals surface area contributed by atoms with E-state index in [1.54, 1.807) is 0 Å². The van der Waals surface area contributed by atoms with Crippen molar-refractivity contribution in [3.63, 3.8) is 0 Å². The van der Waals surface area contributed by atoms with E-state index in [1.165, 1.54) is 84.6 Å². The van der Waals surface area contributed by atoms with Crippen LogP contribution in [0.2, 0.25) is 19.6 Å². The van der Waals surface area contributed by atoms with E-state index in [0.29, 0.717) is 5.92 Å². The molecule has 8 aromatic rings. The molecule has 0 bridgehead atoms. The van der Waals surface area contributed by atoms with Gasteiger partial charge in [-0.2, -0.15) is 11.3 Å². The van der Waals surface area contributed by atoms with Gasteiger partial charge in [0, 0.05) is 39.9 Å². The molecular formula is C51H52IrN2SSi-2. The van der Waals surface area contributed by atoms with Crippen LogP contribution in [0.3, 0.4) is 0 Å². The summed E-state index contributed by atoms with van der Waals surface area (Å²) in [5.41, 5.74) is 7.41. The second-order valence-electron chi connectivity index (χ2n) is 16.7. The average molecular weight is 947 g/mol. The molecule has 5 aromatic carbocycles. The molecule has 0 spiro atoms. The van der Waals surface area contributed by atoms with Gasteiger partial charge in [0.05, 0.1) is 8.07 Å². The smallest absolute Gasteiger partial charge is 0.0799 e. The summed E-state index contributed by atoms with van der Waals surface area (Å²) >= 11 is 1.88. The summed E-state index contributed by atoms with van der Waals surface area (Å²) in [6.07, 6.45) is 10.3. The minimum absolute atomic E-state index is 0. The summed E-state index contributed by atoms with van der Waals surface area (Å²) in [7, 11) is -1.50. The third-order valence-electron chi connectivity index (χ3n) is 11.3. The number of hydrogen-bond acceptors (Lipinski definition) is 3. The van der Waals surface area contributed by atoms with E-state index in [-0.39, 0.29) is 20.1 Å². The zero-order valence-electron chi connectivity index (χ0n) is 35.6. The second kappa shape index (κ2) is 16.8. The predicted molar refractivity (Wildman–Crippen MR) is 242 cm³/mol. The largest absolute Gasteiger partial charge is 0.305 e. The molecular weight excluding hydrogens is 893 g/mol. The van der Waals surface area contributed by atoms with Crippen LogP contribution >= 0.6 is 11.3 Å². The first-order valence-electron chi connectivity index (χ1n) is 20.8. The Morgan fingerprint density at radius 3 is 2.25 bits per heavy atom. The van der Waals surface area contributed by atoms with E-state index in [1.807, 2.05) is 81.8 Å². The standard InChI is InChI=1S/C34H30NS.C17H22NSi.Ir/c1-21(2)24-16-17-35-31(19-24)28-15-14-27(22-8-4-3-5-9-22)33-30-18-25-13-12-23-10-6-7-11-26(23)29(25)20-32(30)36-34(28)33;1-13(2)15-11-16(14-9-7-6-8-10-14)18-12-17(15)19(3,4)5;/h6-7,10-14,16-22H,3-5,8-9H2,1-2H3;6-9,11-13H,1-5H3;/q2*-1;/i21D;13D;. The normalized spacial score (nSPS) is 14.6. The number of benzene rings is 5. The number of nitrogens with zero attached hydrogens (tertiary/aromatic N) is 2. The van der Waals surface area contributed by atoms with Crippen LogP contribution in [0.5, 0.6) is 0 Å². The molecule has 1 saturated carbocycles. The number of thiophene rings is 1. The summed E-state index contributed by atoms with van der Waals surface area (Å²) in [5, 5.41) is 9.24. The van der Waals surface area contributed by atoms with Crippen LogP contribution in [0, 0.1) is 12.1 Å². The van der Waals surface area contributed by atoms with Gasteiger partial charge in [0.1, 0.15) is 0 Å². The number of hydrogen-bond donors (Lipinski definition) is 0. The summed E-state index contributed by atoms with van der Waals surface area (Å²) in [6, 6.07) is 41.2. The monoisotopic (exact) mass is 947 g/mol. The number of aromatic nitrogens is 2. The zero-order chi connectivity index (χ0) is 40.1. The van der Waals surface area contributed by atoms with E-state index in [0.717, 1.165) is 33.6 Å². The van der Waals surface area contributed by atoms with Crippen LogP contribution in [0.1, 0.15) is 96.9 Å². The molecule has 0 N–H and O–H groups in total. The van der Waals surface area contributed by atoms with Crippen molar-refractivity contribution >= 4 is 66.3 Å². The second-order valence-corrected chi connectivity index (χ2v) is 22.8. The maximum Gasteiger partial charge on any atom is 0.0799 e. The summed E-state index contributed by atoms with van der Waals surface area (Å²) in [5.74, 6) is -0.682. The van der Waals surface area contributed by atoms with Crippen molar-refractivity contribution in [3.8, 4) is 22.5 Å². The fourth-order valence-electron chi connectivity index (χ4n) is 8.32. The quantitative estimate of drug-likeness (QED) is 0.0943. The van der Waals surface area contributed by atoms with Crippen molar-refractivity contribution in [1.29, 1.82) is 0 Å². The van der Waals surface area contributed by atoms with E-state index < -0.39 is 19.9 Å². The van der Waals surface area contributed by atoms with Crippen molar-refractivity contribution in [2.45, 2.75) is 97.1 Å². The van der Waals surface area contributed by atoms with Crippen molar-refractivity contribution in [1.82, 2.24) is 9.97 Å². The Labute approximate surface area is 355 Å². The topological polar surface area (TPSA) is 25.8 Å². The SMILES string of the molecule is [2H]C(C)(C)c1cc(-c2[c-]cccc2)ncc1[Si](C)(C)C.[2H]C(C)(C)c1ccnc(-c2[c-]cc(C3CCCCC3)c3c2sc2cc4c(ccc5ccccc54)cc23)c1.[Ir]. The Kier molecular flexibility index (Phi) is 11.3. The molecule has 1 fully saturated rings. The molecule has 9 rings (SSSR count). The van der Waals surface area contributed by atoms with E-state index >= 15 is 0 Å². The van der Waals surface area contributed by atoms with Gasteiger partial charge in [-0.25, -0.2) is 0 Å². The van der Waals surface area contributed by atoms with Gasteiger partial charge in [-0.3, -0.25) is 0 Å². The molecule has 56 heavy (non-hydrogen) atoms. The fraction of sp³-hybridized carbons (Fsp3) is 0.294. The first-order chi connectivity index (χ1) is 27.2. The number of fused-ring (bicyclic) bond motifs is 6. The van der Waals surface area contributed by atoms with Crippen molar-refractivity contribution < 1.29 is 22.8 Å². The Morgan fingerprint density at radius 2 is 1.52 bits per heavy atom. The molecule has 0 atom stereocenters. The first kappa shape index (κ1) is 37.6. The van der Waals surface area contributed by atoms with Gasteiger partial charge in [0.2, 0.25) is 0 Å². The van der Waals surface area contributed by atoms with Gasteiger partial charge < -0.3 is 9.97 Å². The molecule has 3 heterocycles. The van der Waals surface area contributed by atoms with Gasteiger partial charge in [-0.15, -0.1) is 59.2 Å². The van der Waals surface area contributed by atoms with Crippen LogP contribution in [-0.2, 0) is 20.1 Å². The van der Waals surface area contributed by atoms with Crippen molar-refractivity contribution in [2.75, 3.05) is 0 Å². The Hall–Kier alpha value is -3.99. The summed E-state index contributed by atoms with van der Waals surface area (Å²) < 4.78 is 19.6. The molecule has 0 saturated heterocycles. The van der Waals surface area contributed by atoms with E-state index in [9.17, 15) is 0 Å². The van der Waals surface area contributed by atoms with Gasteiger partial charge >= 0.3 is 0 Å². The molecule has 2 nitrogen and oxygen atoms in total. The molecule has 1 aliphatic carbocycles. The zero-order valence-corrected chi connectivity index (χ0v) is 37.9. The Morgan fingerprint density at radius 1 is 0.750 bits per heavy atom. The molecule has 1 radical (unpaired) electrons. The van der Waals surface area contributed by atoms with Crippen molar-refractivity contribution in [2.24, 2.45) is 0 Å². The molecule has 0 aliphatic heterocycles. The third kappa shape index (κ3) is 8.07. The van der Waals surface area contributed by atoms with Crippen LogP contribution in [0.25, 0.3) is 64.2 Å². The average Bonchev–Trinajstić information content (AvgIpc) is 3.58. The maximum absolute atomic E-state index is 8.56. The van der Waals surface area contributed by atoms with E-state index in [4.69, 9.17) is 7.73 Å². The van der Waals surface area contributed by atoms with Crippen LogP contribution in [0.4, 0.5) is 0 Å². The van der Waals surface area contributed by atoms with Crippen LogP contribution < -0.4 is 5.19 Å². The summed E-state index contributed by atoms with van der Waals surface area (Å²) in [4.78, 5) is 9.38. The Balaban J connectivity index is 0.000000208. The van der Waals surface area contributed by atoms with E-state index in [2.05, 4.69) is 103 Å². The number of rotatable bonds is 6. The Bertz CT molecular complexity index is 2740. The molecule has 287 valence electrons. The predicted octanol–water partition coefficient (Wildman–Crippen LogP) is 14.6.